The van der Waals surface area contributed by atoms with Crippen LogP contribution in [0.25, 0.3) is 0 Å². The number of hydrogen-bond donors (Lipinski definition) is 1. The Labute approximate surface area is 199 Å². The minimum absolute atomic E-state index is 0.0436. The van der Waals surface area contributed by atoms with Gasteiger partial charge >= 0.3 is 0 Å². The molecule has 5 unspecified atom stereocenters. The second-order valence-electron chi connectivity index (χ2n) is 10.2. The predicted octanol–water partition coefficient (Wildman–Crippen LogP) is 5.97. The molecule has 3 aliphatic carbocycles. The summed E-state index contributed by atoms with van der Waals surface area (Å²) in [6, 6.07) is 8.69. The fourth-order valence-corrected chi connectivity index (χ4v) is 6.86. The summed E-state index contributed by atoms with van der Waals surface area (Å²) < 4.78 is 5.33. The maximum atomic E-state index is 11.4. The first-order valence-electron chi connectivity index (χ1n) is 12.8. The number of fused-ring (bicyclic) bond motifs is 3. The van der Waals surface area contributed by atoms with Crippen LogP contribution in [0.2, 0.25) is 0 Å². The van der Waals surface area contributed by atoms with E-state index in [4.69, 9.17) is 4.74 Å². The van der Waals surface area contributed by atoms with Crippen LogP contribution in [0.5, 0.6) is 0 Å². The van der Waals surface area contributed by atoms with Crippen LogP contribution in [0.15, 0.2) is 47.1 Å². The molecular weight excluding hydrogens is 408 g/mol. The van der Waals surface area contributed by atoms with Crippen molar-refractivity contribution in [3.63, 3.8) is 0 Å². The molecule has 1 aromatic rings. The van der Waals surface area contributed by atoms with Crippen molar-refractivity contribution in [2.45, 2.75) is 77.7 Å². The van der Waals surface area contributed by atoms with Crippen LogP contribution in [0.1, 0.15) is 82.8 Å². The van der Waals surface area contributed by atoms with Crippen LogP contribution in [0.3, 0.4) is 0 Å². The molecule has 4 rings (SSSR count). The van der Waals surface area contributed by atoms with E-state index in [0.29, 0.717) is 25.0 Å². The monoisotopic (exact) mass is 446 g/mol. The van der Waals surface area contributed by atoms with E-state index in [1.807, 2.05) is 6.92 Å². The van der Waals surface area contributed by atoms with Crippen molar-refractivity contribution < 1.29 is 14.6 Å². The lowest BCUT2D eigenvalue weighted by Crippen LogP contribution is -2.44. The molecule has 3 heteroatoms. The summed E-state index contributed by atoms with van der Waals surface area (Å²) in [5.74, 6) is 7.59. The van der Waals surface area contributed by atoms with Gasteiger partial charge in [-0.15, -0.1) is 0 Å². The molecule has 0 heterocycles. The lowest BCUT2D eigenvalue weighted by molar-refractivity contribution is -0.104. The number of aliphatic hydroxyl groups excluding tert-OH is 1. The molecule has 0 saturated heterocycles. The van der Waals surface area contributed by atoms with Crippen molar-refractivity contribution in [2.75, 3.05) is 13.2 Å². The molecule has 2 saturated carbocycles. The summed E-state index contributed by atoms with van der Waals surface area (Å²) in [5, 5.41) is 11.0. The highest BCUT2D eigenvalue weighted by Crippen LogP contribution is 2.63. The molecule has 3 aliphatic rings. The summed E-state index contributed by atoms with van der Waals surface area (Å²) in [6.07, 6.45) is 9.70. The van der Waals surface area contributed by atoms with E-state index in [0.717, 1.165) is 56.8 Å². The molecule has 0 aliphatic heterocycles. The van der Waals surface area contributed by atoms with E-state index in [2.05, 4.69) is 50.0 Å². The number of ether oxygens (including phenoxy) is 1. The van der Waals surface area contributed by atoms with Crippen molar-refractivity contribution in [1.29, 1.82) is 0 Å². The van der Waals surface area contributed by atoms with E-state index in [-0.39, 0.29) is 17.4 Å². The Morgan fingerprint density at radius 2 is 1.97 bits per heavy atom. The van der Waals surface area contributed by atoms with Gasteiger partial charge in [-0.05, 0) is 97.6 Å². The zero-order valence-electron chi connectivity index (χ0n) is 20.4. The van der Waals surface area contributed by atoms with Gasteiger partial charge in [-0.3, -0.25) is 4.79 Å². The molecule has 0 radical (unpaired) electrons. The first-order chi connectivity index (χ1) is 16.0. The maximum absolute atomic E-state index is 11.4. The van der Waals surface area contributed by atoms with Gasteiger partial charge in [-0.25, -0.2) is 0 Å². The molecule has 33 heavy (non-hydrogen) atoms. The van der Waals surface area contributed by atoms with E-state index < -0.39 is 0 Å². The molecule has 5 atom stereocenters. The second-order valence-corrected chi connectivity index (χ2v) is 10.2. The number of carbonyl (C=O) groups excluding carboxylic acids is 1. The van der Waals surface area contributed by atoms with Gasteiger partial charge in [-0.1, -0.05) is 49.8 Å². The molecule has 1 aromatic carbocycles. The molecule has 0 amide bonds. The Bertz CT molecular complexity index is 974. The Morgan fingerprint density at radius 1 is 1.18 bits per heavy atom. The lowest BCUT2D eigenvalue weighted by Gasteiger charge is -2.51. The molecular formula is C30H38O3. The SMILES string of the molecule is CCCC1=C2C(c3ccc(C#CCOCC)cc3)CC3(C)C(O)CCC3C2CC/C1=C/C=O. The number of rotatable bonds is 6. The molecule has 3 nitrogen and oxygen atoms in total. The Kier molecular flexibility index (Phi) is 7.57. The second kappa shape index (κ2) is 10.4. The zero-order valence-corrected chi connectivity index (χ0v) is 20.4. The van der Waals surface area contributed by atoms with Crippen molar-refractivity contribution in [2.24, 2.45) is 17.3 Å². The lowest BCUT2D eigenvalue weighted by atomic mass is 9.53. The van der Waals surface area contributed by atoms with Gasteiger partial charge < -0.3 is 9.84 Å². The average Bonchev–Trinajstić information content (AvgIpc) is 3.12. The molecule has 0 aromatic heterocycles. The van der Waals surface area contributed by atoms with Crippen LogP contribution < -0.4 is 0 Å². The highest BCUT2D eigenvalue weighted by Gasteiger charge is 2.56. The minimum atomic E-state index is -0.225. The Balaban J connectivity index is 1.76. The van der Waals surface area contributed by atoms with E-state index in [1.165, 1.54) is 16.7 Å². The third-order valence-electron chi connectivity index (χ3n) is 8.42. The van der Waals surface area contributed by atoms with Crippen LogP contribution in [-0.4, -0.2) is 30.7 Å². The predicted molar refractivity (Wildman–Crippen MR) is 133 cm³/mol. The normalized spacial score (nSPS) is 32.2. The van der Waals surface area contributed by atoms with E-state index in [9.17, 15) is 9.90 Å². The molecule has 1 N–H and O–H groups in total. The quantitative estimate of drug-likeness (QED) is 0.253. The fraction of sp³-hybridized carbons (Fsp3) is 0.567. The largest absolute Gasteiger partial charge is 0.393 e. The number of hydrogen-bond acceptors (Lipinski definition) is 3. The molecule has 2 fully saturated rings. The van der Waals surface area contributed by atoms with Gasteiger partial charge in [0.25, 0.3) is 0 Å². The summed E-state index contributed by atoms with van der Waals surface area (Å²) >= 11 is 0. The van der Waals surface area contributed by atoms with Crippen LogP contribution in [-0.2, 0) is 9.53 Å². The number of allylic oxidation sites excluding steroid dienone is 4. The van der Waals surface area contributed by atoms with Gasteiger partial charge in [-0.2, -0.15) is 0 Å². The van der Waals surface area contributed by atoms with Gasteiger partial charge in [0.05, 0.1) is 6.10 Å². The summed E-state index contributed by atoms with van der Waals surface area (Å²) in [5.41, 5.74) is 6.49. The fourth-order valence-electron chi connectivity index (χ4n) is 6.86. The van der Waals surface area contributed by atoms with E-state index >= 15 is 0 Å². The summed E-state index contributed by atoms with van der Waals surface area (Å²) in [4.78, 5) is 11.4. The van der Waals surface area contributed by atoms with E-state index in [1.54, 1.807) is 11.6 Å². The van der Waals surface area contributed by atoms with Crippen molar-refractivity contribution in [1.82, 2.24) is 0 Å². The summed E-state index contributed by atoms with van der Waals surface area (Å²) in [7, 11) is 0. The van der Waals surface area contributed by atoms with Crippen LogP contribution in [0, 0.1) is 29.1 Å². The first-order valence-corrected chi connectivity index (χ1v) is 12.8. The van der Waals surface area contributed by atoms with Crippen LogP contribution in [0.4, 0.5) is 0 Å². The first kappa shape index (κ1) is 24.0. The Hall–Kier alpha value is -2.15. The van der Waals surface area contributed by atoms with Crippen molar-refractivity contribution in [3.05, 3.63) is 58.2 Å². The average molecular weight is 447 g/mol. The molecule has 176 valence electrons. The topological polar surface area (TPSA) is 46.5 Å². The number of benzene rings is 1. The third kappa shape index (κ3) is 4.61. The third-order valence-corrected chi connectivity index (χ3v) is 8.42. The number of aliphatic hydroxyl groups is 1. The van der Waals surface area contributed by atoms with Crippen molar-refractivity contribution >= 4 is 6.29 Å². The van der Waals surface area contributed by atoms with Gasteiger partial charge in [0.1, 0.15) is 12.9 Å². The summed E-state index contributed by atoms with van der Waals surface area (Å²) in [6.45, 7) is 7.66. The highest BCUT2D eigenvalue weighted by molar-refractivity contribution is 5.69. The highest BCUT2D eigenvalue weighted by atomic mass is 16.5. The maximum Gasteiger partial charge on any atom is 0.143 e. The standard InChI is InChI=1S/C30H38O3/c1-4-7-24-23(17-18-31)13-14-25-27-15-16-28(32)30(27,3)20-26(29(24)25)22-11-9-21(10-12-22)8-6-19-33-5-2/h9-12,17-18,25-28,32H,4-5,7,13-16,19-20H2,1-3H3/b23-17-. The van der Waals surface area contributed by atoms with Gasteiger partial charge in [0.15, 0.2) is 0 Å². The smallest absolute Gasteiger partial charge is 0.143 e. The zero-order chi connectivity index (χ0) is 23.4. The number of carbonyl (C=O) groups is 1. The van der Waals surface area contributed by atoms with Gasteiger partial charge in [0, 0.05) is 18.1 Å². The Morgan fingerprint density at radius 3 is 2.67 bits per heavy atom. The van der Waals surface area contributed by atoms with Crippen molar-refractivity contribution in [3.8, 4) is 11.8 Å². The van der Waals surface area contributed by atoms with Crippen LogP contribution >= 0.6 is 0 Å². The minimum Gasteiger partial charge on any atom is -0.393 e. The number of aldehydes is 1. The molecule has 0 spiro atoms. The molecule has 0 bridgehead atoms. The van der Waals surface area contributed by atoms with Gasteiger partial charge in [0.2, 0.25) is 0 Å².